The maximum absolute atomic E-state index is 5.06. The van der Waals surface area contributed by atoms with Crippen molar-refractivity contribution in [2.75, 3.05) is 5.32 Å². The van der Waals surface area contributed by atoms with E-state index in [0.717, 1.165) is 28.4 Å². The van der Waals surface area contributed by atoms with Crippen LogP contribution in [0.4, 0.5) is 5.82 Å². The lowest BCUT2D eigenvalue weighted by Gasteiger charge is -2.25. The normalized spacial score (nSPS) is 16.0. The standard InChI is InChI=1S/C23H30N4/c1-16-21(17-11-7-5-8-12-17)22-25-19(23(2,3)4)15-20(27(22)26-16)24-18-13-9-6-10-14-18/h5,7-8,11-12,15,18,24H,6,9-10,13-14H2,1-4H3. The molecule has 0 saturated heterocycles. The lowest BCUT2D eigenvalue weighted by atomic mass is 9.91. The van der Waals surface area contributed by atoms with E-state index < -0.39 is 0 Å². The van der Waals surface area contributed by atoms with Gasteiger partial charge in [-0.05, 0) is 25.3 Å². The zero-order valence-corrected chi connectivity index (χ0v) is 16.9. The minimum atomic E-state index is -0.0170. The summed E-state index contributed by atoms with van der Waals surface area (Å²) in [6.45, 7) is 8.75. The van der Waals surface area contributed by atoms with Gasteiger partial charge in [0.2, 0.25) is 0 Å². The van der Waals surface area contributed by atoms with Crippen molar-refractivity contribution in [1.82, 2.24) is 14.6 Å². The third kappa shape index (κ3) is 3.58. The van der Waals surface area contributed by atoms with Crippen molar-refractivity contribution < 1.29 is 0 Å². The van der Waals surface area contributed by atoms with Crippen molar-refractivity contribution >= 4 is 11.5 Å². The zero-order valence-electron chi connectivity index (χ0n) is 16.9. The highest BCUT2D eigenvalue weighted by Crippen LogP contribution is 2.32. The first-order valence-electron chi connectivity index (χ1n) is 10.2. The highest BCUT2D eigenvalue weighted by molar-refractivity contribution is 5.81. The molecule has 0 aliphatic heterocycles. The van der Waals surface area contributed by atoms with Crippen LogP contribution in [0.5, 0.6) is 0 Å². The Labute approximate surface area is 162 Å². The molecular weight excluding hydrogens is 332 g/mol. The maximum atomic E-state index is 5.06. The van der Waals surface area contributed by atoms with Gasteiger partial charge in [0.15, 0.2) is 5.65 Å². The summed E-state index contributed by atoms with van der Waals surface area (Å²) in [5, 5.41) is 8.66. The molecule has 4 nitrogen and oxygen atoms in total. The van der Waals surface area contributed by atoms with Gasteiger partial charge in [-0.25, -0.2) is 4.98 Å². The van der Waals surface area contributed by atoms with Gasteiger partial charge in [0.1, 0.15) is 5.82 Å². The number of fused-ring (bicyclic) bond motifs is 1. The molecule has 4 heteroatoms. The predicted molar refractivity (Wildman–Crippen MR) is 112 cm³/mol. The molecule has 2 heterocycles. The minimum absolute atomic E-state index is 0.0170. The van der Waals surface area contributed by atoms with E-state index >= 15 is 0 Å². The second kappa shape index (κ2) is 6.99. The summed E-state index contributed by atoms with van der Waals surface area (Å²) in [5.41, 5.74) is 5.36. The Hall–Kier alpha value is -2.36. The van der Waals surface area contributed by atoms with Crippen LogP contribution in [0.2, 0.25) is 0 Å². The Kier molecular flexibility index (Phi) is 4.67. The summed E-state index contributed by atoms with van der Waals surface area (Å²) in [6, 6.07) is 13.2. The summed E-state index contributed by atoms with van der Waals surface area (Å²) >= 11 is 0. The molecular formula is C23H30N4. The quantitative estimate of drug-likeness (QED) is 0.645. The fraction of sp³-hybridized carbons (Fsp3) is 0.478. The molecule has 4 rings (SSSR count). The molecule has 142 valence electrons. The smallest absolute Gasteiger partial charge is 0.165 e. The summed E-state index contributed by atoms with van der Waals surface area (Å²) in [5.74, 6) is 1.07. The van der Waals surface area contributed by atoms with Crippen molar-refractivity contribution in [3.05, 3.63) is 47.8 Å². The van der Waals surface area contributed by atoms with Gasteiger partial charge in [0.05, 0.1) is 11.4 Å². The van der Waals surface area contributed by atoms with Crippen LogP contribution in [0.3, 0.4) is 0 Å². The van der Waals surface area contributed by atoms with Crippen LogP contribution in [0, 0.1) is 6.92 Å². The molecule has 1 saturated carbocycles. The van der Waals surface area contributed by atoms with Crippen molar-refractivity contribution in [3.63, 3.8) is 0 Å². The molecule has 1 N–H and O–H groups in total. The highest BCUT2D eigenvalue weighted by atomic mass is 15.3. The maximum Gasteiger partial charge on any atom is 0.165 e. The molecule has 1 fully saturated rings. The number of aromatic nitrogens is 3. The molecule has 27 heavy (non-hydrogen) atoms. The molecule has 0 radical (unpaired) electrons. The van der Waals surface area contributed by atoms with Gasteiger partial charge in [0.25, 0.3) is 0 Å². The van der Waals surface area contributed by atoms with Gasteiger partial charge in [0, 0.05) is 23.1 Å². The van der Waals surface area contributed by atoms with Gasteiger partial charge >= 0.3 is 0 Å². The lowest BCUT2D eigenvalue weighted by Crippen LogP contribution is -2.25. The zero-order chi connectivity index (χ0) is 19.0. The Morgan fingerprint density at radius 2 is 1.74 bits per heavy atom. The van der Waals surface area contributed by atoms with E-state index in [-0.39, 0.29) is 5.41 Å². The van der Waals surface area contributed by atoms with Crippen molar-refractivity contribution in [2.45, 2.75) is 71.3 Å². The number of anilines is 1. The fourth-order valence-electron chi connectivity index (χ4n) is 4.01. The fourth-order valence-corrected chi connectivity index (χ4v) is 4.01. The van der Waals surface area contributed by atoms with E-state index in [0.29, 0.717) is 6.04 Å². The number of nitrogens with one attached hydrogen (secondary N) is 1. The van der Waals surface area contributed by atoms with Crippen LogP contribution in [0.25, 0.3) is 16.8 Å². The average molecular weight is 363 g/mol. The van der Waals surface area contributed by atoms with Gasteiger partial charge in [-0.1, -0.05) is 70.4 Å². The number of aryl methyl sites for hydroxylation is 1. The third-order valence-corrected chi connectivity index (χ3v) is 5.55. The molecule has 0 bridgehead atoms. The van der Waals surface area contributed by atoms with Crippen LogP contribution in [-0.4, -0.2) is 20.6 Å². The SMILES string of the molecule is Cc1nn2c(NC3CCCCC3)cc(C(C)(C)C)nc2c1-c1ccccc1. The van der Waals surface area contributed by atoms with Crippen molar-refractivity contribution in [3.8, 4) is 11.1 Å². The van der Waals surface area contributed by atoms with E-state index in [2.05, 4.69) is 69.4 Å². The summed E-state index contributed by atoms with van der Waals surface area (Å²) < 4.78 is 2.02. The molecule has 0 spiro atoms. The molecule has 1 aromatic carbocycles. The predicted octanol–water partition coefficient (Wildman–Crippen LogP) is 5.75. The molecule has 2 aromatic heterocycles. The molecule has 3 aromatic rings. The first-order chi connectivity index (χ1) is 12.9. The topological polar surface area (TPSA) is 42.2 Å². The summed E-state index contributed by atoms with van der Waals surface area (Å²) in [7, 11) is 0. The second-order valence-electron chi connectivity index (χ2n) is 8.82. The molecule has 1 aliphatic rings. The number of benzene rings is 1. The monoisotopic (exact) mass is 362 g/mol. The minimum Gasteiger partial charge on any atom is -0.367 e. The molecule has 0 amide bonds. The van der Waals surface area contributed by atoms with Crippen LogP contribution < -0.4 is 5.32 Å². The number of rotatable bonds is 3. The summed E-state index contributed by atoms with van der Waals surface area (Å²) in [6.07, 6.45) is 6.45. The van der Waals surface area contributed by atoms with E-state index in [1.54, 1.807) is 0 Å². The highest BCUT2D eigenvalue weighted by Gasteiger charge is 2.23. The second-order valence-corrected chi connectivity index (χ2v) is 8.82. The molecule has 0 atom stereocenters. The first kappa shape index (κ1) is 18.0. The van der Waals surface area contributed by atoms with Gasteiger partial charge < -0.3 is 5.32 Å². The van der Waals surface area contributed by atoms with Gasteiger partial charge in [-0.15, -0.1) is 0 Å². The van der Waals surface area contributed by atoms with Crippen LogP contribution >= 0.6 is 0 Å². The molecule has 0 unspecified atom stereocenters. The number of nitrogens with zero attached hydrogens (tertiary/aromatic N) is 3. The van der Waals surface area contributed by atoms with Gasteiger partial charge in [-0.2, -0.15) is 9.61 Å². The van der Waals surface area contributed by atoms with Gasteiger partial charge in [-0.3, -0.25) is 0 Å². The van der Waals surface area contributed by atoms with Crippen LogP contribution in [0.15, 0.2) is 36.4 Å². The Balaban J connectivity index is 1.89. The number of hydrogen-bond donors (Lipinski definition) is 1. The Morgan fingerprint density at radius 3 is 2.41 bits per heavy atom. The average Bonchev–Trinajstić information content (AvgIpc) is 2.99. The molecule has 1 aliphatic carbocycles. The lowest BCUT2D eigenvalue weighted by molar-refractivity contribution is 0.460. The van der Waals surface area contributed by atoms with E-state index in [4.69, 9.17) is 10.1 Å². The Morgan fingerprint density at radius 1 is 1.04 bits per heavy atom. The first-order valence-corrected chi connectivity index (χ1v) is 10.2. The van der Waals surface area contributed by atoms with Crippen molar-refractivity contribution in [1.29, 1.82) is 0 Å². The van der Waals surface area contributed by atoms with E-state index in [1.165, 1.54) is 37.7 Å². The third-order valence-electron chi connectivity index (χ3n) is 5.55. The van der Waals surface area contributed by atoms with Crippen molar-refractivity contribution in [2.24, 2.45) is 0 Å². The van der Waals surface area contributed by atoms with Crippen LogP contribution in [0.1, 0.15) is 64.3 Å². The number of hydrogen-bond acceptors (Lipinski definition) is 3. The largest absolute Gasteiger partial charge is 0.367 e. The van der Waals surface area contributed by atoms with E-state index in [9.17, 15) is 0 Å². The van der Waals surface area contributed by atoms with E-state index in [1.807, 2.05) is 4.52 Å². The Bertz CT molecular complexity index is 928. The van der Waals surface area contributed by atoms with Crippen LogP contribution in [-0.2, 0) is 5.41 Å². The summed E-state index contributed by atoms with van der Waals surface area (Å²) in [4.78, 5) is 5.06.